The molecule has 1 heterocycles. The smallest absolute Gasteiger partial charge is 0.249 e. The van der Waals surface area contributed by atoms with Crippen molar-refractivity contribution in [1.82, 2.24) is 9.36 Å². The Morgan fingerprint density at radius 1 is 1.26 bits per heavy atom. The van der Waals surface area contributed by atoms with Crippen LogP contribution in [0.5, 0.6) is 0 Å². The molecule has 2 rings (SSSR count). The first-order chi connectivity index (χ1) is 9.10. The minimum Gasteiger partial charge on any atom is -0.265 e. The Kier molecular flexibility index (Phi) is 4.11. The van der Waals surface area contributed by atoms with E-state index in [-0.39, 0.29) is 0 Å². The number of aliphatic imine (C=N–C) groups is 1. The van der Waals surface area contributed by atoms with Gasteiger partial charge in [-0.1, -0.05) is 13.8 Å². The second-order valence-electron chi connectivity index (χ2n) is 4.42. The van der Waals surface area contributed by atoms with Crippen molar-refractivity contribution in [2.24, 2.45) is 15.2 Å². The number of aryl methyl sites for hydroxylation is 1. The number of hydrogen-bond acceptors (Lipinski definition) is 6. The van der Waals surface area contributed by atoms with Crippen molar-refractivity contribution < 1.29 is 0 Å². The molecule has 1 aromatic heterocycles. The van der Waals surface area contributed by atoms with Gasteiger partial charge in [-0.05, 0) is 37.4 Å². The van der Waals surface area contributed by atoms with Gasteiger partial charge in [0.25, 0.3) is 0 Å². The summed E-state index contributed by atoms with van der Waals surface area (Å²) in [6, 6.07) is 5.64. The van der Waals surface area contributed by atoms with Crippen molar-refractivity contribution in [3.63, 3.8) is 0 Å². The third-order valence-corrected chi connectivity index (χ3v) is 3.17. The molecule has 0 unspecified atom stereocenters. The van der Waals surface area contributed by atoms with Crippen LogP contribution in [0.3, 0.4) is 0 Å². The summed E-state index contributed by atoms with van der Waals surface area (Å²) in [4.78, 5) is 8.18. The lowest BCUT2D eigenvalue weighted by molar-refractivity contribution is 0.798. The van der Waals surface area contributed by atoms with Crippen molar-refractivity contribution in [1.29, 1.82) is 0 Å². The molecule has 19 heavy (non-hydrogen) atoms. The first-order valence-electron chi connectivity index (χ1n) is 5.93. The summed E-state index contributed by atoms with van der Waals surface area (Å²) >= 11 is 1.26. The molecule has 0 saturated heterocycles. The molecule has 0 saturated carbocycles. The normalized spacial score (nSPS) is 11.4. The summed E-state index contributed by atoms with van der Waals surface area (Å²) in [7, 11) is 0. The van der Waals surface area contributed by atoms with Crippen molar-refractivity contribution in [2.75, 3.05) is 0 Å². The number of hydrogen-bond donors (Lipinski definition) is 0. The maximum Gasteiger partial charge on any atom is 0.249 e. The van der Waals surface area contributed by atoms with Crippen LogP contribution in [0, 0.1) is 6.92 Å². The molecular weight excluding hydrogens is 258 g/mol. The van der Waals surface area contributed by atoms with Crippen LogP contribution in [0.2, 0.25) is 0 Å². The fourth-order valence-corrected chi connectivity index (χ4v) is 2.09. The van der Waals surface area contributed by atoms with Gasteiger partial charge in [0.1, 0.15) is 5.82 Å². The second-order valence-corrected chi connectivity index (χ2v) is 5.15. The standard InChI is InChI=1S/C13H15N5S/c1-8(2)12-15-13(19-18-12)17-16-11-6-5-10(14-4)7-9(11)3/h5-8H,4H2,1-3H3. The molecule has 0 radical (unpaired) electrons. The molecule has 0 bridgehead atoms. The van der Waals surface area contributed by atoms with Crippen LogP contribution in [0.4, 0.5) is 16.5 Å². The van der Waals surface area contributed by atoms with Gasteiger partial charge in [-0.3, -0.25) is 4.99 Å². The van der Waals surface area contributed by atoms with Crippen molar-refractivity contribution in [3.8, 4) is 0 Å². The molecular formula is C13H15N5S. The van der Waals surface area contributed by atoms with Crippen molar-refractivity contribution in [2.45, 2.75) is 26.7 Å². The third kappa shape index (κ3) is 3.29. The van der Waals surface area contributed by atoms with Crippen molar-refractivity contribution in [3.05, 3.63) is 29.6 Å². The van der Waals surface area contributed by atoms with E-state index < -0.39 is 0 Å². The molecule has 0 aliphatic carbocycles. The Hall–Kier alpha value is -1.95. The summed E-state index contributed by atoms with van der Waals surface area (Å²) in [5.74, 6) is 1.11. The summed E-state index contributed by atoms with van der Waals surface area (Å²) in [6.07, 6.45) is 0. The van der Waals surface area contributed by atoms with Crippen LogP contribution in [0.1, 0.15) is 31.2 Å². The molecule has 0 atom stereocenters. The zero-order chi connectivity index (χ0) is 13.8. The third-order valence-electron chi connectivity index (χ3n) is 2.55. The lowest BCUT2D eigenvalue weighted by Gasteiger charge is -1.99. The SMILES string of the molecule is C=Nc1ccc(N=Nc2nc(C(C)C)ns2)c(C)c1. The number of azo groups is 1. The predicted molar refractivity (Wildman–Crippen MR) is 78.6 cm³/mol. The van der Waals surface area contributed by atoms with Crippen LogP contribution in [-0.4, -0.2) is 16.1 Å². The van der Waals surface area contributed by atoms with E-state index in [1.807, 2.05) is 39.0 Å². The van der Waals surface area contributed by atoms with E-state index in [1.165, 1.54) is 11.5 Å². The van der Waals surface area contributed by atoms with Crippen LogP contribution in [-0.2, 0) is 0 Å². The molecule has 0 spiro atoms. The molecule has 0 fully saturated rings. The van der Waals surface area contributed by atoms with E-state index in [1.54, 1.807) is 0 Å². The highest BCUT2D eigenvalue weighted by Crippen LogP contribution is 2.27. The number of aromatic nitrogens is 2. The average molecular weight is 273 g/mol. The molecule has 98 valence electrons. The van der Waals surface area contributed by atoms with E-state index in [9.17, 15) is 0 Å². The summed E-state index contributed by atoms with van der Waals surface area (Å²) in [5, 5.41) is 8.89. The number of benzene rings is 1. The Morgan fingerprint density at radius 2 is 2.05 bits per heavy atom. The predicted octanol–water partition coefficient (Wildman–Crippen LogP) is 4.72. The number of nitrogens with zero attached hydrogens (tertiary/aromatic N) is 5. The topological polar surface area (TPSA) is 62.9 Å². The Labute approximate surface area is 116 Å². The summed E-state index contributed by atoms with van der Waals surface area (Å²) in [6.45, 7) is 9.55. The van der Waals surface area contributed by atoms with Crippen LogP contribution >= 0.6 is 11.5 Å². The fourth-order valence-electron chi connectivity index (χ4n) is 1.45. The monoisotopic (exact) mass is 273 g/mol. The molecule has 0 amide bonds. The molecule has 6 heteroatoms. The zero-order valence-electron chi connectivity index (χ0n) is 11.2. The van der Waals surface area contributed by atoms with Crippen LogP contribution in [0.15, 0.2) is 33.4 Å². The molecule has 2 aromatic rings. The van der Waals surface area contributed by atoms with Crippen LogP contribution in [0.25, 0.3) is 0 Å². The largest absolute Gasteiger partial charge is 0.265 e. The van der Waals surface area contributed by atoms with E-state index in [2.05, 4.69) is 31.3 Å². The van der Waals surface area contributed by atoms with Gasteiger partial charge < -0.3 is 0 Å². The summed E-state index contributed by atoms with van der Waals surface area (Å²) in [5.41, 5.74) is 2.63. The lowest BCUT2D eigenvalue weighted by Crippen LogP contribution is -1.87. The fraction of sp³-hybridized carbons (Fsp3) is 0.308. The first kappa shape index (κ1) is 13.5. The van der Waals surface area contributed by atoms with Gasteiger partial charge in [0.15, 0.2) is 0 Å². The average Bonchev–Trinajstić information content (AvgIpc) is 2.86. The highest BCUT2D eigenvalue weighted by atomic mass is 32.1. The van der Waals surface area contributed by atoms with E-state index in [4.69, 9.17) is 0 Å². The van der Waals surface area contributed by atoms with Gasteiger partial charge in [-0.25, -0.2) is 0 Å². The Balaban J connectivity index is 2.19. The highest BCUT2D eigenvalue weighted by Gasteiger charge is 2.06. The zero-order valence-corrected chi connectivity index (χ0v) is 12.0. The van der Waals surface area contributed by atoms with Gasteiger partial charge in [-0.15, -0.1) is 10.2 Å². The summed E-state index contributed by atoms with van der Waals surface area (Å²) < 4.78 is 4.23. The highest BCUT2D eigenvalue weighted by molar-refractivity contribution is 7.09. The van der Waals surface area contributed by atoms with Crippen LogP contribution < -0.4 is 0 Å². The van der Waals surface area contributed by atoms with Crippen molar-refractivity contribution >= 4 is 34.8 Å². The van der Waals surface area contributed by atoms with E-state index in [0.717, 1.165) is 22.8 Å². The maximum atomic E-state index is 4.31. The first-order valence-corrected chi connectivity index (χ1v) is 6.70. The van der Waals surface area contributed by atoms with Gasteiger partial charge in [-0.2, -0.15) is 9.36 Å². The second kappa shape index (κ2) is 5.79. The van der Waals surface area contributed by atoms with Gasteiger partial charge in [0, 0.05) is 17.5 Å². The minimum absolute atomic E-state index is 0.305. The number of rotatable bonds is 4. The maximum absolute atomic E-state index is 4.31. The molecule has 1 aromatic carbocycles. The molecule has 0 aliphatic rings. The van der Waals surface area contributed by atoms with Gasteiger partial charge in [0.2, 0.25) is 5.13 Å². The molecule has 0 aliphatic heterocycles. The van der Waals surface area contributed by atoms with E-state index in [0.29, 0.717) is 11.0 Å². The quantitative estimate of drug-likeness (QED) is 0.597. The lowest BCUT2D eigenvalue weighted by atomic mass is 10.2. The van der Waals surface area contributed by atoms with Gasteiger partial charge in [0.05, 0.1) is 11.4 Å². The van der Waals surface area contributed by atoms with E-state index >= 15 is 0 Å². The minimum atomic E-state index is 0.305. The Morgan fingerprint density at radius 3 is 2.63 bits per heavy atom. The van der Waals surface area contributed by atoms with Gasteiger partial charge >= 0.3 is 0 Å². The Bertz CT molecular complexity index is 615. The molecule has 5 nitrogen and oxygen atoms in total. The molecule has 0 N–H and O–H groups in total.